The highest BCUT2D eigenvalue weighted by molar-refractivity contribution is 5.26. The van der Waals surface area contributed by atoms with Gasteiger partial charge in [-0.25, -0.2) is 4.39 Å². The van der Waals surface area contributed by atoms with Crippen LogP contribution in [-0.2, 0) is 11.3 Å². The SMILES string of the molecule is O=c1c([N+](=O)[O-])cc(F)cn1CCN1CCOCC1. The predicted octanol–water partition coefficient (Wildman–Crippen LogP) is 0.228. The van der Waals surface area contributed by atoms with E-state index in [1.807, 2.05) is 0 Å². The number of morpholine rings is 1. The summed E-state index contributed by atoms with van der Waals surface area (Å²) in [6.07, 6.45) is 0.996. The Balaban J connectivity index is 2.11. The second kappa shape index (κ2) is 5.89. The Labute approximate surface area is 108 Å². The van der Waals surface area contributed by atoms with Crippen LogP contribution in [0.25, 0.3) is 0 Å². The highest BCUT2D eigenvalue weighted by atomic mass is 19.1. The highest BCUT2D eigenvalue weighted by Crippen LogP contribution is 2.06. The molecule has 0 N–H and O–H groups in total. The van der Waals surface area contributed by atoms with Gasteiger partial charge in [-0.1, -0.05) is 0 Å². The van der Waals surface area contributed by atoms with Crippen LogP contribution in [0.3, 0.4) is 0 Å². The van der Waals surface area contributed by atoms with Gasteiger partial charge in [-0.05, 0) is 0 Å². The molecule has 2 heterocycles. The molecule has 0 aliphatic carbocycles. The molecule has 1 saturated heterocycles. The normalized spacial score (nSPS) is 16.5. The molecule has 0 bridgehead atoms. The lowest BCUT2D eigenvalue weighted by Gasteiger charge is -2.26. The second-order valence-electron chi connectivity index (χ2n) is 4.25. The number of rotatable bonds is 4. The van der Waals surface area contributed by atoms with Crippen molar-refractivity contribution in [2.45, 2.75) is 6.54 Å². The smallest absolute Gasteiger partial charge is 0.337 e. The molecule has 0 radical (unpaired) electrons. The summed E-state index contributed by atoms with van der Waals surface area (Å²) in [4.78, 5) is 23.6. The molecule has 1 aromatic heterocycles. The van der Waals surface area contributed by atoms with Crippen molar-refractivity contribution in [1.82, 2.24) is 9.47 Å². The Morgan fingerprint density at radius 1 is 1.37 bits per heavy atom. The summed E-state index contributed by atoms with van der Waals surface area (Å²) in [7, 11) is 0. The molecular formula is C11H14FN3O4. The van der Waals surface area contributed by atoms with Crippen LogP contribution in [0.5, 0.6) is 0 Å². The lowest BCUT2D eigenvalue weighted by Crippen LogP contribution is -2.39. The van der Waals surface area contributed by atoms with Gasteiger partial charge in [0.1, 0.15) is 5.82 Å². The zero-order chi connectivity index (χ0) is 13.8. The van der Waals surface area contributed by atoms with Crippen LogP contribution in [-0.4, -0.2) is 47.2 Å². The van der Waals surface area contributed by atoms with Crippen molar-refractivity contribution in [3.05, 3.63) is 38.5 Å². The molecule has 1 aromatic rings. The standard InChI is InChI=1S/C11H14FN3O4/c12-9-7-10(15(17)18)11(16)14(8-9)2-1-13-3-5-19-6-4-13/h7-8H,1-6H2. The molecule has 0 aromatic carbocycles. The maximum atomic E-state index is 13.2. The van der Waals surface area contributed by atoms with Crippen LogP contribution < -0.4 is 5.56 Å². The third-order valence-electron chi connectivity index (χ3n) is 2.99. The number of hydrogen-bond donors (Lipinski definition) is 0. The van der Waals surface area contributed by atoms with E-state index in [0.717, 1.165) is 23.9 Å². The first kappa shape index (κ1) is 13.6. The van der Waals surface area contributed by atoms with Crippen molar-refractivity contribution >= 4 is 5.69 Å². The van der Waals surface area contributed by atoms with E-state index in [1.165, 1.54) is 0 Å². The number of aromatic nitrogens is 1. The van der Waals surface area contributed by atoms with Gasteiger partial charge < -0.3 is 9.30 Å². The summed E-state index contributed by atoms with van der Waals surface area (Å²) in [5.74, 6) is -0.784. The molecule has 0 saturated carbocycles. The van der Waals surface area contributed by atoms with E-state index >= 15 is 0 Å². The van der Waals surface area contributed by atoms with Gasteiger partial charge in [-0.2, -0.15) is 0 Å². The van der Waals surface area contributed by atoms with Crippen molar-refractivity contribution in [3.63, 3.8) is 0 Å². The molecule has 0 atom stereocenters. The third-order valence-corrected chi connectivity index (χ3v) is 2.99. The van der Waals surface area contributed by atoms with Crippen molar-refractivity contribution in [2.75, 3.05) is 32.8 Å². The number of halogens is 1. The molecule has 0 unspecified atom stereocenters. The number of pyridine rings is 1. The van der Waals surface area contributed by atoms with Crippen molar-refractivity contribution in [2.24, 2.45) is 0 Å². The lowest BCUT2D eigenvalue weighted by atomic mass is 10.3. The molecule has 1 fully saturated rings. The molecule has 1 aliphatic rings. The van der Waals surface area contributed by atoms with Crippen LogP contribution in [0.15, 0.2) is 17.1 Å². The van der Waals surface area contributed by atoms with Gasteiger partial charge in [0.05, 0.1) is 24.2 Å². The molecule has 1 aliphatic heterocycles. The van der Waals surface area contributed by atoms with Gasteiger partial charge in [0.15, 0.2) is 0 Å². The Kier molecular flexibility index (Phi) is 4.23. The predicted molar refractivity (Wildman–Crippen MR) is 64.6 cm³/mol. The quantitative estimate of drug-likeness (QED) is 0.578. The first-order valence-electron chi connectivity index (χ1n) is 5.92. The van der Waals surface area contributed by atoms with Crippen LogP contribution in [0.1, 0.15) is 0 Å². The highest BCUT2D eigenvalue weighted by Gasteiger charge is 2.17. The van der Waals surface area contributed by atoms with E-state index < -0.39 is 22.0 Å². The molecule has 0 amide bonds. The third kappa shape index (κ3) is 3.36. The van der Waals surface area contributed by atoms with E-state index in [2.05, 4.69) is 4.90 Å². The molecule has 104 valence electrons. The minimum absolute atomic E-state index is 0.220. The van der Waals surface area contributed by atoms with E-state index in [4.69, 9.17) is 4.74 Å². The van der Waals surface area contributed by atoms with Crippen molar-refractivity contribution in [1.29, 1.82) is 0 Å². The second-order valence-corrected chi connectivity index (χ2v) is 4.25. The molecule has 2 rings (SSSR count). The van der Waals surface area contributed by atoms with Gasteiger partial charge >= 0.3 is 11.2 Å². The molecule has 19 heavy (non-hydrogen) atoms. The maximum Gasteiger partial charge on any atom is 0.337 e. The summed E-state index contributed by atoms with van der Waals surface area (Å²) >= 11 is 0. The fourth-order valence-electron chi connectivity index (χ4n) is 1.96. The average Bonchev–Trinajstić information content (AvgIpc) is 2.40. The number of nitrogens with zero attached hydrogens (tertiary/aromatic N) is 3. The minimum Gasteiger partial charge on any atom is -0.379 e. The van der Waals surface area contributed by atoms with Gasteiger partial charge in [-0.3, -0.25) is 19.8 Å². The Morgan fingerprint density at radius 2 is 2.05 bits per heavy atom. The summed E-state index contributed by atoms with van der Waals surface area (Å²) in [6.45, 7) is 3.48. The number of nitro groups is 1. The Bertz CT molecular complexity index is 525. The monoisotopic (exact) mass is 271 g/mol. The molecular weight excluding hydrogens is 257 g/mol. The number of hydrogen-bond acceptors (Lipinski definition) is 5. The zero-order valence-electron chi connectivity index (χ0n) is 10.2. The van der Waals surface area contributed by atoms with E-state index in [9.17, 15) is 19.3 Å². The van der Waals surface area contributed by atoms with Gasteiger partial charge in [-0.15, -0.1) is 0 Å². The molecule has 0 spiro atoms. The van der Waals surface area contributed by atoms with Crippen molar-refractivity contribution < 1.29 is 14.1 Å². The maximum absolute atomic E-state index is 13.2. The fraction of sp³-hybridized carbons (Fsp3) is 0.545. The summed E-state index contributed by atoms with van der Waals surface area (Å²) in [6, 6.07) is 0.646. The topological polar surface area (TPSA) is 77.6 Å². The van der Waals surface area contributed by atoms with Crippen LogP contribution in [0.4, 0.5) is 10.1 Å². The number of ether oxygens (including phenoxy) is 1. The van der Waals surface area contributed by atoms with Gasteiger partial charge in [0, 0.05) is 32.4 Å². The zero-order valence-corrected chi connectivity index (χ0v) is 10.2. The van der Waals surface area contributed by atoms with Crippen LogP contribution in [0, 0.1) is 15.9 Å². The first-order valence-corrected chi connectivity index (χ1v) is 5.92. The fourth-order valence-corrected chi connectivity index (χ4v) is 1.96. The lowest BCUT2D eigenvalue weighted by molar-refractivity contribution is -0.386. The first-order chi connectivity index (χ1) is 9.08. The Morgan fingerprint density at radius 3 is 2.68 bits per heavy atom. The van der Waals surface area contributed by atoms with Crippen LogP contribution in [0.2, 0.25) is 0 Å². The van der Waals surface area contributed by atoms with Crippen LogP contribution >= 0.6 is 0 Å². The summed E-state index contributed by atoms with van der Waals surface area (Å²) in [5, 5.41) is 10.6. The summed E-state index contributed by atoms with van der Waals surface area (Å²) in [5.41, 5.74) is -1.51. The van der Waals surface area contributed by atoms with Crippen molar-refractivity contribution in [3.8, 4) is 0 Å². The van der Waals surface area contributed by atoms with Gasteiger partial charge in [0.2, 0.25) is 0 Å². The Hall–Kier alpha value is -1.80. The van der Waals surface area contributed by atoms with E-state index in [1.54, 1.807) is 0 Å². The molecule has 7 nitrogen and oxygen atoms in total. The molecule has 8 heteroatoms. The van der Waals surface area contributed by atoms with E-state index in [0.29, 0.717) is 25.8 Å². The minimum atomic E-state index is -0.864. The summed E-state index contributed by atoms with van der Waals surface area (Å²) < 4.78 is 19.5. The van der Waals surface area contributed by atoms with E-state index in [-0.39, 0.29) is 6.54 Å². The largest absolute Gasteiger partial charge is 0.379 e. The average molecular weight is 271 g/mol. The van der Waals surface area contributed by atoms with Gasteiger partial charge in [0.25, 0.3) is 0 Å².